The van der Waals surface area contributed by atoms with Gasteiger partial charge in [0.1, 0.15) is 0 Å². The zero-order valence-corrected chi connectivity index (χ0v) is 12.3. The van der Waals surface area contributed by atoms with Crippen LogP contribution in [0.5, 0.6) is 0 Å². The molecule has 0 saturated heterocycles. The van der Waals surface area contributed by atoms with Gasteiger partial charge in [0, 0.05) is 35.6 Å². The van der Waals surface area contributed by atoms with E-state index < -0.39 is 0 Å². The molecule has 106 valence electrons. The fraction of sp³-hybridized carbons (Fsp3) is 0.357. The van der Waals surface area contributed by atoms with Gasteiger partial charge in [0.15, 0.2) is 0 Å². The maximum absolute atomic E-state index is 11.1. The van der Waals surface area contributed by atoms with Crippen molar-refractivity contribution in [3.8, 4) is 0 Å². The quantitative estimate of drug-likeness (QED) is 0.649. The smallest absolute Gasteiger partial charge is 0.277 e. The first-order valence-electron chi connectivity index (χ1n) is 6.40. The molecule has 0 aliphatic carbocycles. The van der Waals surface area contributed by atoms with Gasteiger partial charge in [-0.25, -0.2) is 0 Å². The van der Waals surface area contributed by atoms with Crippen molar-refractivity contribution in [3.05, 3.63) is 40.7 Å². The molecule has 5 nitrogen and oxygen atoms in total. The molecule has 1 unspecified atom stereocenters. The summed E-state index contributed by atoms with van der Waals surface area (Å²) in [5.74, 6) is 1.08. The summed E-state index contributed by atoms with van der Waals surface area (Å²) in [6.07, 6.45) is 6.38. The summed E-state index contributed by atoms with van der Waals surface area (Å²) in [6.45, 7) is 2.11. The number of nitrogens with zero attached hydrogens (tertiary/aromatic N) is 2. The second kappa shape index (κ2) is 6.56. The van der Waals surface area contributed by atoms with Crippen LogP contribution in [0.25, 0.3) is 10.8 Å². The van der Waals surface area contributed by atoms with Gasteiger partial charge in [-0.1, -0.05) is 0 Å². The summed E-state index contributed by atoms with van der Waals surface area (Å²) in [5.41, 5.74) is 1.01. The van der Waals surface area contributed by atoms with Gasteiger partial charge in [-0.2, -0.15) is 11.8 Å². The first-order chi connectivity index (χ1) is 9.63. The number of hydrogen-bond acceptors (Lipinski definition) is 5. The lowest BCUT2D eigenvalue weighted by Gasteiger charge is -2.16. The number of benzene rings is 1. The van der Waals surface area contributed by atoms with E-state index in [2.05, 4.69) is 23.5 Å². The Bertz CT molecular complexity index is 618. The largest absolute Gasteiger partial charge is 0.382 e. The molecule has 0 radical (unpaired) electrons. The van der Waals surface area contributed by atoms with E-state index in [0.717, 1.165) is 23.2 Å². The minimum Gasteiger partial charge on any atom is -0.382 e. The first kappa shape index (κ1) is 14.6. The molecular formula is C14H17N3O2S. The van der Waals surface area contributed by atoms with Crippen molar-refractivity contribution < 1.29 is 4.92 Å². The first-order valence-corrected chi connectivity index (χ1v) is 7.79. The summed E-state index contributed by atoms with van der Waals surface area (Å²) in [5, 5.41) is 15.9. The van der Waals surface area contributed by atoms with Crippen LogP contribution in [0.4, 0.5) is 11.4 Å². The number of hydrogen-bond donors (Lipinski definition) is 1. The van der Waals surface area contributed by atoms with Crippen LogP contribution in [0.1, 0.15) is 13.3 Å². The third-order valence-corrected chi connectivity index (χ3v) is 3.79. The molecule has 0 saturated carbocycles. The molecule has 1 aromatic heterocycles. The number of aromatic nitrogens is 1. The molecule has 0 aliphatic heterocycles. The Balaban J connectivity index is 2.35. The molecule has 0 bridgehead atoms. The molecule has 0 spiro atoms. The number of nitro groups is 1. The van der Waals surface area contributed by atoms with Gasteiger partial charge in [0.25, 0.3) is 5.69 Å². The van der Waals surface area contributed by atoms with Crippen molar-refractivity contribution in [1.82, 2.24) is 4.98 Å². The Hall–Kier alpha value is -1.82. The highest BCUT2D eigenvalue weighted by Crippen LogP contribution is 2.31. The highest BCUT2D eigenvalue weighted by molar-refractivity contribution is 7.98. The maximum atomic E-state index is 11.1. The molecule has 20 heavy (non-hydrogen) atoms. The summed E-state index contributed by atoms with van der Waals surface area (Å²) in [4.78, 5) is 14.8. The Kier molecular flexibility index (Phi) is 4.79. The van der Waals surface area contributed by atoms with Crippen molar-refractivity contribution in [3.63, 3.8) is 0 Å². The Morgan fingerprint density at radius 3 is 2.90 bits per heavy atom. The Labute approximate surface area is 121 Å². The highest BCUT2D eigenvalue weighted by atomic mass is 32.2. The van der Waals surface area contributed by atoms with Gasteiger partial charge in [-0.3, -0.25) is 15.1 Å². The van der Waals surface area contributed by atoms with Crippen LogP contribution in [0, 0.1) is 10.1 Å². The minimum absolute atomic E-state index is 0.115. The van der Waals surface area contributed by atoms with Gasteiger partial charge in [0.2, 0.25) is 0 Å². The predicted octanol–water partition coefficient (Wildman–Crippen LogP) is 3.70. The SMILES string of the molecule is CSCCC(C)Nc1ccc([N+](=O)[O-])c2ccncc12. The molecule has 1 atom stereocenters. The minimum atomic E-state index is -0.358. The fourth-order valence-corrected chi connectivity index (χ4v) is 2.68. The predicted molar refractivity (Wildman–Crippen MR) is 84.5 cm³/mol. The number of fused-ring (bicyclic) bond motifs is 1. The lowest BCUT2D eigenvalue weighted by atomic mass is 10.1. The van der Waals surface area contributed by atoms with Crippen molar-refractivity contribution in [2.75, 3.05) is 17.3 Å². The summed E-state index contributed by atoms with van der Waals surface area (Å²) in [6, 6.07) is 5.31. The van der Waals surface area contributed by atoms with Gasteiger partial charge in [0.05, 0.1) is 10.3 Å². The topological polar surface area (TPSA) is 68.1 Å². The standard InChI is InChI=1S/C14H17N3O2S/c1-10(6-8-20-2)16-13-3-4-14(17(18)19)11-5-7-15-9-12(11)13/h3-5,7,9-10,16H,6,8H2,1-2H3. The van der Waals surface area contributed by atoms with Crippen LogP contribution in [0.2, 0.25) is 0 Å². The average molecular weight is 291 g/mol. The zero-order chi connectivity index (χ0) is 14.5. The molecule has 2 aromatic rings. The van der Waals surface area contributed by atoms with Crippen molar-refractivity contribution in [2.24, 2.45) is 0 Å². The van der Waals surface area contributed by atoms with Crippen LogP contribution in [0.3, 0.4) is 0 Å². The van der Waals surface area contributed by atoms with E-state index in [0.29, 0.717) is 11.4 Å². The summed E-state index contributed by atoms with van der Waals surface area (Å²) in [7, 11) is 0. The Morgan fingerprint density at radius 1 is 1.40 bits per heavy atom. The highest BCUT2D eigenvalue weighted by Gasteiger charge is 2.15. The molecule has 1 heterocycles. The molecular weight excluding hydrogens is 274 g/mol. The van der Waals surface area contributed by atoms with Crippen molar-refractivity contribution >= 4 is 33.9 Å². The van der Waals surface area contributed by atoms with Crippen LogP contribution in [-0.4, -0.2) is 28.0 Å². The van der Waals surface area contributed by atoms with E-state index in [4.69, 9.17) is 0 Å². The molecule has 6 heteroatoms. The lowest BCUT2D eigenvalue weighted by Crippen LogP contribution is -2.16. The monoisotopic (exact) mass is 291 g/mol. The third-order valence-electron chi connectivity index (χ3n) is 3.15. The van der Waals surface area contributed by atoms with Crippen LogP contribution in [0.15, 0.2) is 30.6 Å². The van der Waals surface area contributed by atoms with E-state index in [1.54, 1.807) is 30.6 Å². The zero-order valence-electron chi connectivity index (χ0n) is 11.5. The maximum Gasteiger partial charge on any atom is 0.277 e. The van der Waals surface area contributed by atoms with E-state index in [1.165, 1.54) is 0 Å². The molecule has 0 fully saturated rings. The van der Waals surface area contributed by atoms with Crippen LogP contribution >= 0.6 is 11.8 Å². The molecule has 0 amide bonds. The van der Waals surface area contributed by atoms with Gasteiger partial charge >= 0.3 is 0 Å². The second-order valence-corrected chi connectivity index (χ2v) is 5.62. The average Bonchev–Trinajstić information content (AvgIpc) is 2.45. The van der Waals surface area contributed by atoms with E-state index in [-0.39, 0.29) is 10.6 Å². The summed E-state index contributed by atoms with van der Waals surface area (Å²) < 4.78 is 0. The van der Waals surface area contributed by atoms with Crippen molar-refractivity contribution in [2.45, 2.75) is 19.4 Å². The summed E-state index contributed by atoms with van der Waals surface area (Å²) >= 11 is 1.81. The van der Waals surface area contributed by atoms with Crippen LogP contribution in [-0.2, 0) is 0 Å². The second-order valence-electron chi connectivity index (χ2n) is 4.64. The number of rotatable bonds is 6. The molecule has 1 aromatic carbocycles. The lowest BCUT2D eigenvalue weighted by molar-refractivity contribution is -0.383. The van der Waals surface area contributed by atoms with E-state index in [1.807, 2.05) is 11.8 Å². The molecule has 0 aliphatic rings. The number of nitro benzene ring substituents is 1. The number of nitrogens with one attached hydrogen (secondary N) is 1. The number of pyridine rings is 1. The van der Waals surface area contributed by atoms with Crippen molar-refractivity contribution in [1.29, 1.82) is 0 Å². The molecule has 2 rings (SSSR count). The number of thioether (sulfide) groups is 1. The number of non-ortho nitro benzene ring substituents is 1. The normalized spacial score (nSPS) is 12.3. The third kappa shape index (κ3) is 3.19. The van der Waals surface area contributed by atoms with Gasteiger partial charge < -0.3 is 5.32 Å². The fourth-order valence-electron chi connectivity index (χ4n) is 2.09. The van der Waals surface area contributed by atoms with E-state index in [9.17, 15) is 10.1 Å². The Morgan fingerprint density at radius 2 is 2.20 bits per heavy atom. The number of anilines is 1. The van der Waals surface area contributed by atoms with Gasteiger partial charge in [-0.15, -0.1) is 0 Å². The van der Waals surface area contributed by atoms with E-state index >= 15 is 0 Å². The molecule has 1 N–H and O–H groups in total. The van der Waals surface area contributed by atoms with Gasteiger partial charge in [-0.05, 0) is 37.5 Å². The van der Waals surface area contributed by atoms with Crippen LogP contribution < -0.4 is 5.32 Å².